The number of hydrogen-bond donors (Lipinski definition) is 2. The van der Waals surface area contributed by atoms with Gasteiger partial charge in [0.05, 0.1) is 39.3 Å². The van der Waals surface area contributed by atoms with E-state index >= 15 is 0 Å². The van der Waals surface area contributed by atoms with Gasteiger partial charge in [0, 0.05) is 11.8 Å². The number of hydrogen-bond acceptors (Lipinski definition) is 3. The molecule has 1 aliphatic rings. The predicted octanol–water partition coefficient (Wildman–Crippen LogP) is 2.50. The third kappa shape index (κ3) is 5.89. The lowest BCUT2D eigenvalue weighted by Crippen LogP contribution is -3.16. The van der Waals surface area contributed by atoms with Crippen LogP contribution in [-0.4, -0.2) is 45.7 Å². The number of benzene rings is 3. The van der Waals surface area contributed by atoms with Gasteiger partial charge in [0.2, 0.25) is 0 Å². The molecule has 1 atom stereocenters. The standard InChI is InChI=1S/C27H31N3O2/c1-32-25-14-8-13-24(20-25)30-17-15-29(16-18-30)21-27(31)28-26(23-11-6-3-7-12-23)19-22-9-4-2-5-10-22/h2-14,20,26H,15-19,21H2,1H3,(H,28,31)/p+1/t26-/m1/s1. The Balaban J connectivity index is 1.33. The Bertz CT molecular complexity index is 986. The van der Waals surface area contributed by atoms with Gasteiger partial charge < -0.3 is 19.9 Å². The van der Waals surface area contributed by atoms with E-state index in [0.717, 1.165) is 43.9 Å². The highest BCUT2D eigenvalue weighted by Crippen LogP contribution is 2.21. The van der Waals surface area contributed by atoms with Gasteiger partial charge in [0.15, 0.2) is 6.54 Å². The summed E-state index contributed by atoms with van der Waals surface area (Å²) < 4.78 is 5.35. The van der Waals surface area contributed by atoms with Crippen LogP contribution in [-0.2, 0) is 11.2 Å². The Morgan fingerprint density at radius 2 is 1.66 bits per heavy atom. The summed E-state index contributed by atoms with van der Waals surface area (Å²) in [6, 6.07) is 28.8. The molecule has 5 nitrogen and oxygen atoms in total. The van der Waals surface area contributed by atoms with Crippen molar-refractivity contribution in [1.82, 2.24) is 5.32 Å². The second kappa shape index (κ2) is 10.8. The lowest BCUT2D eigenvalue weighted by atomic mass is 9.99. The minimum absolute atomic E-state index is 0.0245. The Hall–Kier alpha value is -3.31. The molecule has 4 rings (SSSR count). The molecule has 0 saturated carbocycles. The first-order valence-electron chi connectivity index (χ1n) is 11.3. The van der Waals surface area contributed by atoms with Crippen LogP contribution in [0.4, 0.5) is 5.69 Å². The number of anilines is 1. The van der Waals surface area contributed by atoms with Gasteiger partial charge in [0.25, 0.3) is 5.91 Å². The van der Waals surface area contributed by atoms with E-state index in [0.29, 0.717) is 6.54 Å². The van der Waals surface area contributed by atoms with E-state index < -0.39 is 0 Å². The number of piperazine rings is 1. The summed E-state index contributed by atoms with van der Waals surface area (Å²) in [4.78, 5) is 16.7. The zero-order valence-electron chi connectivity index (χ0n) is 18.7. The summed E-state index contributed by atoms with van der Waals surface area (Å²) in [5.74, 6) is 0.988. The summed E-state index contributed by atoms with van der Waals surface area (Å²) in [6.45, 7) is 4.26. The van der Waals surface area contributed by atoms with Crippen LogP contribution in [0.25, 0.3) is 0 Å². The van der Waals surface area contributed by atoms with Crippen molar-refractivity contribution in [3.8, 4) is 5.75 Å². The van der Waals surface area contributed by atoms with Crippen LogP contribution >= 0.6 is 0 Å². The molecule has 0 radical (unpaired) electrons. The van der Waals surface area contributed by atoms with Gasteiger partial charge in [0.1, 0.15) is 5.75 Å². The van der Waals surface area contributed by atoms with E-state index in [1.807, 2.05) is 48.5 Å². The number of quaternary nitrogens is 1. The van der Waals surface area contributed by atoms with Crippen molar-refractivity contribution in [3.63, 3.8) is 0 Å². The third-order valence-corrected chi connectivity index (χ3v) is 6.12. The Labute approximate surface area is 190 Å². The van der Waals surface area contributed by atoms with Gasteiger partial charge in [-0.3, -0.25) is 4.79 Å². The van der Waals surface area contributed by atoms with E-state index in [1.54, 1.807) is 7.11 Å². The van der Waals surface area contributed by atoms with Gasteiger partial charge in [-0.2, -0.15) is 0 Å². The zero-order valence-corrected chi connectivity index (χ0v) is 18.7. The number of rotatable bonds is 8. The minimum Gasteiger partial charge on any atom is -0.497 e. The molecular weight excluding hydrogens is 398 g/mol. The molecule has 166 valence electrons. The fraction of sp³-hybridized carbons (Fsp3) is 0.296. The quantitative estimate of drug-likeness (QED) is 0.577. The summed E-state index contributed by atoms with van der Waals surface area (Å²) in [5, 5.41) is 3.30. The molecule has 0 spiro atoms. The molecule has 1 fully saturated rings. The molecule has 0 aromatic heterocycles. The Kier molecular flexibility index (Phi) is 7.41. The van der Waals surface area contributed by atoms with Crippen molar-refractivity contribution < 1.29 is 14.4 Å². The molecule has 3 aromatic carbocycles. The monoisotopic (exact) mass is 430 g/mol. The number of methoxy groups -OCH3 is 1. The molecule has 1 saturated heterocycles. The highest BCUT2D eigenvalue weighted by atomic mass is 16.5. The zero-order chi connectivity index (χ0) is 22.2. The largest absolute Gasteiger partial charge is 0.497 e. The van der Waals surface area contributed by atoms with Crippen molar-refractivity contribution in [1.29, 1.82) is 0 Å². The van der Waals surface area contributed by atoms with Crippen LogP contribution in [0.1, 0.15) is 17.2 Å². The van der Waals surface area contributed by atoms with Crippen LogP contribution in [0.5, 0.6) is 5.75 Å². The van der Waals surface area contributed by atoms with E-state index in [9.17, 15) is 4.79 Å². The Morgan fingerprint density at radius 1 is 0.969 bits per heavy atom. The maximum absolute atomic E-state index is 13.0. The fourth-order valence-electron chi connectivity index (χ4n) is 4.32. The molecule has 1 amide bonds. The predicted molar refractivity (Wildman–Crippen MR) is 128 cm³/mol. The highest BCUT2D eigenvalue weighted by Gasteiger charge is 2.24. The molecular formula is C27H32N3O2+. The van der Waals surface area contributed by atoms with Crippen LogP contribution < -0.4 is 19.9 Å². The topological polar surface area (TPSA) is 46.0 Å². The third-order valence-electron chi connectivity index (χ3n) is 6.12. The molecule has 2 N–H and O–H groups in total. The van der Waals surface area contributed by atoms with Crippen molar-refractivity contribution >= 4 is 11.6 Å². The molecule has 5 heteroatoms. The SMILES string of the molecule is COc1cccc(N2CC[NH+](CC(=O)N[C@H](Cc3ccccc3)c3ccccc3)CC2)c1. The van der Waals surface area contributed by atoms with Crippen LogP contribution in [0.3, 0.4) is 0 Å². The summed E-state index contributed by atoms with van der Waals surface area (Å²) in [7, 11) is 1.69. The van der Waals surface area contributed by atoms with Crippen molar-refractivity contribution in [3.05, 3.63) is 96.1 Å². The maximum atomic E-state index is 13.0. The van der Waals surface area contributed by atoms with Crippen LogP contribution in [0.15, 0.2) is 84.9 Å². The number of nitrogens with zero attached hydrogens (tertiary/aromatic N) is 1. The molecule has 32 heavy (non-hydrogen) atoms. The first-order chi connectivity index (χ1) is 15.7. The molecule has 1 aliphatic heterocycles. The Morgan fingerprint density at radius 3 is 2.34 bits per heavy atom. The lowest BCUT2D eigenvalue weighted by Gasteiger charge is -2.33. The number of amides is 1. The first kappa shape index (κ1) is 21.9. The van der Waals surface area contributed by atoms with Gasteiger partial charge in [-0.25, -0.2) is 0 Å². The average molecular weight is 431 g/mol. The van der Waals surface area contributed by atoms with Gasteiger partial charge >= 0.3 is 0 Å². The first-order valence-corrected chi connectivity index (χ1v) is 11.3. The second-order valence-corrected chi connectivity index (χ2v) is 8.34. The van der Waals surface area contributed by atoms with Crippen LogP contribution in [0.2, 0.25) is 0 Å². The van der Waals surface area contributed by atoms with Crippen molar-refractivity contribution in [2.45, 2.75) is 12.5 Å². The van der Waals surface area contributed by atoms with E-state index in [4.69, 9.17) is 4.74 Å². The minimum atomic E-state index is -0.0245. The smallest absolute Gasteiger partial charge is 0.275 e. The lowest BCUT2D eigenvalue weighted by molar-refractivity contribution is -0.892. The molecule has 1 heterocycles. The van der Waals surface area contributed by atoms with Gasteiger partial charge in [-0.15, -0.1) is 0 Å². The van der Waals surface area contributed by atoms with Crippen LogP contribution in [0, 0.1) is 0 Å². The number of ether oxygens (including phenoxy) is 1. The molecule has 0 bridgehead atoms. The molecule has 0 unspecified atom stereocenters. The number of carbonyl (C=O) groups excluding carboxylic acids is 1. The number of nitrogens with one attached hydrogen (secondary N) is 2. The van der Waals surface area contributed by atoms with E-state index in [2.05, 4.69) is 46.6 Å². The highest BCUT2D eigenvalue weighted by molar-refractivity contribution is 5.77. The van der Waals surface area contributed by atoms with Gasteiger partial charge in [-0.1, -0.05) is 66.7 Å². The van der Waals surface area contributed by atoms with E-state index in [-0.39, 0.29) is 11.9 Å². The fourth-order valence-corrected chi connectivity index (χ4v) is 4.32. The van der Waals surface area contributed by atoms with E-state index in [1.165, 1.54) is 16.2 Å². The van der Waals surface area contributed by atoms with Gasteiger partial charge in [-0.05, 0) is 29.7 Å². The normalized spacial score (nSPS) is 15.2. The summed E-state index contributed by atoms with van der Waals surface area (Å²) in [6.07, 6.45) is 0.787. The van der Waals surface area contributed by atoms with Crippen molar-refractivity contribution in [2.24, 2.45) is 0 Å². The maximum Gasteiger partial charge on any atom is 0.275 e. The molecule has 3 aromatic rings. The van der Waals surface area contributed by atoms with Crippen molar-refractivity contribution in [2.75, 3.05) is 44.7 Å². The molecule has 0 aliphatic carbocycles. The second-order valence-electron chi connectivity index (χ2n) is 8.34. The number of carbonyl (C=O) groups is 1. The summed E-state index contributed by atoms with van der Waals surface area (Å²) in [5.41, 5.74) is 3.54. The summed E-state index contributed by atoms with van der Waals surface area (Å²) >= 11 is 0. The average Bonchev–Trinajstić information content (AvgIpc) is 2.85.